The highest BCUT2D eigenvalue weighted by atomic mass is 16.5. The van der Waals surface area contributed by atoms with E-state index in [9.17, 15) is 9.59 Å². The predicted molar refractivity (Wildman–Crippen MR) is 119 cm³/mol. The monoisotopic (exact) mass is 409 g/mol. The van der Waals surface area contributed by atoms with E-state index in [1.54, 1.807) is 25.3 Å². The fraction of sp³-hybridized carbons (Fsp3) is 0.417. The van der Waals surface area contributed by atoms with E-state index in [0.717, 1.165) is 31.6 Å². The fourth-order valence-corrected chi connectivity index (χ4v) is 3.95. The summed E-state index contributed by atoms with van der Waals surface area (Å²) in [4.78, 5) is 27.1. The number of ether oxygens (including phenoxy) is 1. The summed E-state index contributed by atoms with van der Waals surface area (Å²) in [5, 5.41) is 5.73. The van der Waals surface area contributed by atoms with Crippen molar-refractivity contribution in [2.75, 3.05) is 32.1 Å². The van der Waals surface area contributed by atoms with Crippen LogP contribution in [0, 0.1) is 0 Å². The second kappa shape index (κ2) is 10.8. The van der Waals surface area contributed by atoms with Crippen molar-refractivity contribution in [3.05, 3.63) is 59.7 Å². The zero-order chi connectivity index (χ0) is 21.3. The van der Waals surface area contributed by atoms with Crippen LogP contribution in [0.25, 0.3) is 0 Å². The van der Waals surface area contributed by atoms with Crippen LogP contribution in [0.2, 0.25) is 0 Å². The molecule has 0 radical (unpaired) electrons. The molecule has 0 bridgehead atoms. The molecule has 2 aromatic carbocycles. The van der Waals surface area contributed by atoms with Gasteiger partial charge in [-0.3, -0.25) is 14.5 Å². The first kappa shape index (κ1) is 21.8. The molecule has 2 N–H and O–H groups in total. The van der Waals surface area contributed by atoms with E-state index in [2.05, 4.69) is 27.7 Å². The number of rotatable bonds is 7. The highest BCUT2D eigenvalue weighted by Gasteiger charge is 2.24. The Labute approximate surface area is 178 Å². The summed E-state index contributed by atoms with van der Waals surface area (Å²) in [5.41, 5.74) is 2.39. The maximum Gasteiger partial charge on any atom is 0.251 e. The number of nitrogens with one attached hydrogen (secondary N) is 2. The van der Waals surface area contributed by atoms with Gasteiger partial charge in [-0.2, -0.15) is 0 Å². The number of hydrogen-bond acceptors (Lipinski definition) is 4. The van der Waals surface area contributed by atoms with Gasteiger partial charge in [-0.05, 0) is 62.2 Å². The van der Waals surface area contributed by atoms with E-state index in [1.165, 1.54) is 12.0 Å². The zero-order valence-electron chi connectivity index (χ0n) is 17.8. The quantitative estimate of drug-likeness (QED) is 0.725. The number of methoxy groups -OCH3 is 1. The minimum atomic E-state index is -0.138. The van der Waals surface area contributed by atoms with Crippen molar-refractivity contribution in [2.24, 2.45) is 0 Å². The number of carbonyl (C=O) groups is 2. The number of amides is 2. The molecule has 30 heavy (non-hydrogen) atoms. The summed E-state index contributed by atoms with van der Waals surface area (Å²) in [6.45, 7) is 3.66. The van der Waals surface area contributed by atoms with E-state index in [1.807, 2.05) is 25.1 Å². The summed E-state index contributed by atoms with van der Waals surface area (Å²) in [6.07, 6.45) is 4.46. The summed E-state index contributed by atoms with van der Waals surface area (Å²) < 4.78 is 5.27. The Morgan fingerprint density at radius 1 is 1.10 bits per heavy atom. The van der Waals surface area contributed by atoms with Crippen LogP contribution in [-0.4, -0.2) is 43.5 Å². The summed E-state index contributed by atoms with van der Waals surface area (Å²) in [5.74, 6) is 0.632. The lowest BCUT2D eigenvalue weighted by atomic mass is 10.0. The topological polar surface area (TPSA) is 70.7 Å². The van der Waals surface area contributed by atoms with Crippen molar-refractivity contribution in [3.63, 3.8) is 0 Å². The molecule has 1 aliphatic rings. The molecule has 1 fully saturated rings. The average Bonchev–Trinajstić information content (AvgIpc) is 2.99. The number of likely N-dealkylation sites (tertiary alicyclic amines) is 1. The molecule has 160 valence electrons. The molecule has 6 heteroatoms. The minimum absolute atomic E-state index is 0.0662. The highest BCUT2D eigenvalue weighted by molar-refractivity contribution is 5.97. The van der Waals surface area contributed by atoms with Gasteiger partial charge in [0.2, 0.25) is 5.91 Å². The SMILES string of the molecule is CCNC(=O)c1cccc(NC(=O)CN2CCCCCC2c2ccc(OC)cc2)c1. The first-order valence-electron chi connectivity index (χ1n) is 10.7. The van der Waals surface area contributed by atoms with E-state index in [-0.39, 0.29) is 17.9 Å². The third kappa shape index (κ3) is 5.83. The van der Waals surface area contributed by atoms with Gasteiger partial charge >= 0.3 is 0 Å². The molecular weight excluding hydrogens is 378 g/mol. The molecule has 0 saturated carbocycles. The van der Waals surface area contributed by atoms with E-state index in [0.29, 0.717) is 24.3 Å². The Balaban J connectivity index is 1.68. The normalized spacial score (nSPS) is 17.1. The number of carbonyl (C=O) groups excluding carboxylic acids is 2. The Morgan fingerprint density at radius 3 is 2.63 bits per heavy atom. The largest absolute Gasteiger partial charge is 0.497 e. The van der Waals surface area contributed by atoms with Gasteiger partial charge in [-0.1, -0.05) is 31.0 Å². The Morgan fingerprint density at radius 2 is 1.90 bits per heavy atom. The van der Waals surface area contributed by atoms with Gasteiger partial charge in [-0.25, -0.2) is 0 Å². The fourth-order valence-electron chi connectivity index (χ4n) is 3.95. The molecule has 1 unspecified atom stereocenters. The first-order chi connectivity index (χ1) is 14.6. The zero-order valence-corrected chi connectivity index (χ0v) is 17.8. The third-order valence-electron chi connectivity index (χ3n) is 5.46. The van der Waals surface area contributed by atoms with Gasteiger partial charge in [-0.15, -0.1) is 0 Å². The van der Waals surface area contributed by atoms with Crippen molar-refractivity contribution in [3.8, 4) is 5.75 Å². The van der Waals surface area contributed by atoms with Crippen molar-refractivity contribution in [1.82, 2.24) is 10.2 Å². The van der Waals surface area contributed by atoms with Gasteiger partial charge in [0.15, 0.2) is 0 Å². The molecule has 3 rings (SSSR count). The molecule has 1 heterocycles. The molecule has 6 nitrogen and oxygen atoms in total. The lowest BCUT2D eigenvalue weighted by molar-refractivity contribution is -0.117. The van der Waals surface area contributed by atoms with Crippen LogP contribution in [0.15, 0.2) is 48.5 Å². The van der Waals surface area contributed by atoms with Crippen LogP contribution in [-0.2, 0) is 4.79 Å². The van der Waals surface area contributed by atoms with Gasteiger partial charge in [0.1, 0.15) is 5.75 Å². The maximum atomic E-state index is 12.8. The predicted octanol–water partition coefficient (Wildman–Crippen LogP) is 4.00. The van der Waals surface area contributed by atoms with E-state index in [4.69, 9.17) is 4.74 Å². The molecular formula is C24H31N3O3. The van der Waals surface area contributed by atoms with Gasteiger partial charge < -0.3 is 15.4 Å². The van der Waals surface area contributed by atoms with Gasteiger partial charge in [0.25, 0.3) is 5.91 Å². The van der Waals surface area contributed by atoms with Crippen molar-refractivity contribution in [2.45, 2.75) is 38.6 Å². The highest BCUT2D eigenvalue weighted by Crippen LogP contribution is 2.31. The van der Waals surface area contributed by atoms with Crippen molar-refractivity contribution in [1.29, 1.82) is 0 Å². The number of nitrogens with zero attached hydrogens (tertiary/aromatic N) is 1. The summed E-state index contributed by atoms with van der Waals surface area (Å²) in [6, 6.07) is 15.4. The Bertz CT molecular complexity index is 851. The average molecular weight is 410 g/mol. The van der Waals surface area contributed by atoms with Crippen LogP contribution in [0.3, 0.4) is 0 Å². The smallest absolute Gasteiger partial charge is 0.251 e. The molecule has 1 atom stereocenters. The van der Waals surface area contributed by atoms with Gasteiger partial charge in [0.05, 0.1) is 13.7 Å². The lowest BCUT2D eigenvalue weighted by Crippen LogP contribution is -2.36. The van der Waals surface area contributed by atoms with Crippen LogP contribution < -0.4 is 15.4 Å². The Hall–Kier alpha value is -2.86. The molecule has 0 aliphatic carbocycles. The molecule has 1 saturated heterocycles. The standard InChI is InChI=1S/C24H31N3O3/c1-3-25-24(29)19-8-7-9-20(16-19)26-23(28)17-27-15-6-4-5-10-22(27)18-11-13-21(30-2)14-12-18/h7-9,11-14,16,22H,3-6,10,15,17H2,1-2H3,(H,25,29)(H,26,28). The maximum absolute atomic E-state index is 12.8. The summed E-state index contributed by atoms with van der Waals surface area (Å²) >= 11 is 0. The van der Waals surface area contributed by atoms with Crippen molar-refractivity contribution >= 4 is 17.5 Å². The lowest BCUT2D eigenvalue weighted by Gasteiger charge is -2.29. The molecule has 0 spiro atoms. The summed E-state index contributed by atoms with van der Waals surface area (Å²) in [7, 11) is 1.66. The van der Waals surface area contributed by atoms with Crippen LogP contribution in [0.4, 0.5) is 5.69 Å². The molecule has 0 aromatic heterocycles. The number of anilines is 1. The second-order valence-corrected chi connectivity index (χ2v) is 7.60. The minimum Gasteiger partial charge on any atom is -0.497 e. The molecule has 1 aliphatic heterocycles. The van der Waals surface area contributed by atoms with Gasteiger partial charge in [0, 0.05) is 23.8 Å². The van der Waals surface area contributed by atoms with Crippen LogP contribution >= 0.6 is 0 Å². The van der Waals surface area contributed by atoms with E-state index < -0.39 is 0 Å². The number of hydrogen-bond donors (Lipinski definition) is 2. The molecule has 2 amide bonds. The number of benzene rings is 2. The van der Waals surface area contributed by atoms with Crippen LogP contribution in [0.1, 0.15) is 54.6 Å². The first-order valence-corrected chi connectivity index (χ1v) is 10.7. The second-order valence-electron chi connectivity index (χ2n) is 7.60. The molecule has 2 aromatic rings. The van der Waals surface area contributed by atoms with E-state index >= 15 is 0 Å². The van der Waals surface area contributed by atoms with Crippen molar-refractivity contribution < 1.29 is 14.3 Å². The third-order valence-corrected chi connectivity index (χ3v) is 5.46. The Kier molecular flexibility index (Phi) is 7.85. The van der Waals surface area contributed by atoms with Crippen LogP contribution in [0.5, 0.6) is 5.75 Å².